The number of hydrogen-bond donors (Lipinski definition) is 2. The number of halogens is 2. The summed E-state index contributed by atoms with van der Waals surface area (Å²) >= 11 is 12.0. The van der Waals surface area contributed by atoms with E-state index in [0.717, 1.165) is 5.56 Å². The largest absolute Gasteiger partial charge is 0.489 e. The molecule has 2 rings (SSSR count). The quantitative estimate of drug-likeness (QED) is 0.273. The third kappa shape index (κ3) is 8.11. The molecule has 0 radical (unpaired) electrons. The number of hydrogen-bond acceptors (Lipinski definition) is 5. The molecular formula is C20H21Cl2N3O4. The first-order valence-electron chi connectivity index (χ1n) is 8.76. The third-order valence-electron chi connectivity index (χ3n) is 3.66. The molecule has 0 heterocycles. The minimum atomic E-state index is -0.844. The first-order valence-corrected chi connectivity index (χ1v) is 9.52. The SMILES string of the molecule is COCCCNC(=O)C(=O)N/N=C\c1cccc(OCc2ccc(Cl)cc2Cl)c1. The molecule has 2 N–H and O–H groups in total. The second kappa shape index (κ2) is 12.1. The van der Waals surface area contributed by atoms with E-state index in [1.54, 1.807) is 49.6 Å². The lowest BCUT2D eigenvalue weighted by Crippen LogP contribution is -2.38. The number of ether oxygens (including phenoxy) is 2. The molecule has 0 aromatic heterocycles. The van der Waals surface area contributed by atoms with Gasteiger partial charge < -0.3 is 14.8 Å². The molecule has 2 amide bonds. The van der Waals surface area contributed by atoms with Crippen LogP contribution in [0.15, 0.2) is 47.6 Å². The zero-order chi connectivity index (χ0) is 21.1. The molecule has 0 unspecified atom stereocenters. The zero-order valence-corrected chi connectivity index (χ0v) is 17.3. The van der Waals surface area contributed by atoms with Crippen LogP contribution in [-0.4, -0.2) is 38.3 Å². The lowest BCUT2D eigenvalue weighted by Gasteiger charge is -2.08. The molecule has 2 aromatic rings. The van der Waals surface area contributed by atoms with Gasteiger partial charge in [-0.05, 0) is 36.2 Å². The molecule has 0 saturated heterocycles. The van der Waals surface area contributed by atoms with Crippen molar-refractivity contribution in [1.82, 2.24) is 10.7 Å². The zero-order valence-electron chi connectivity index (χ0n) is 15.8. The number of benzene rings is 2. The fourth-order valence-corrected chi connectivity index (χ4v) is 2.66. The van der Waals surface area contributed by atoms with E-state index in [4.69, 9.17) is 32.7 Å². The highest BCUT2D eigenvalue weighted by Crippen LogP contribution is 2.22. The third-order valence-corrected chi connectivity index (χ3v) is 4.25. The topological polar surface area (TPSA) is 89.0 Å². The summed E-state index contributed by atoms with van der Waals surface area (Å²) in [5, 5.41) is 7.34. The Hall–Kier alpha value is -2.61. The lowest BCUT2D eigenvalue weighted by atomic mass is 10.2. The van der Waals surface area contributed by atoms with Crippen molar-refractivity contribution in [2.24, 2.45) is 5.10 Å². The summed E-state index contributed by atoms with van der Waals surface area (Å²) in [7, 11) is 1.57. The van der Waals surface area contributed by atoms with Crippen LogP contribution in [0.4, 0.5) is 0 Å². The van der Waals surface area contributed by atoms with Crippen molar-refractivity contribution >= 4 is 41.2 Å². The highest BCUT2D eigenvalue weighted by molar-refractivity contribution is 6.35. The predicted octanol–water partition coefficient (Wildman–Crippen LogP) is 3.18. The van der Waals surface area contributed by atoms with Gasteiger partial charge in [-0.2, -0.15) is 5.10 Å². The van der Waals surface area contributed by atoms with Crippen LogP contribution in [0.2, 0.25) is 10.0 Å². The molecule has 0 aliphatic heterocycles. The Kier molecular flexibility index (Phi) is 9.43. The van der Waals surface area contributed by atoms with Gasteiger partial charge in [0.2, 0.25) is 0 Å². The Morgan fingerprint density at radius 3 is 2.72 bits per heavy atom. The van der Waals surface area contributed by atoms with E-state index in [0.29, 0.717) is 40.9 Å². The Balaban J connectivity index is 1.84. The van der Waals surface area contributed by atoms with Gasteiger partial charge in [-0.25, -0.2) is 5.43 Å². The van der Waals surface area contributed by atoms with Crippen molar-refractivity contribution in [2.45, 2.75) is 13.0 Å². The van der Waals surface area contributed by atoms with Crippen molar-refractivity contribution in [3.63, 3.8) is 0 Å². The summed E-state index contributed by atoms with van der Waals surface area (Å²) in [4.78, 5) is 23.3. The molecule has 154 valence electrons. The minimum absolute atomic E-state index is 0.274. The fraction of sp³-hybridized carbons (Fsp3) is 0.250. The van der Waals surface area contributed by atoms with E-state index in [1.165, 1.54) is 6.21 Å². The van der Waals surface area contributed by atoms with Crippen molar-refractivity contribution in [1.29, 1.82) is 0 Å². The lowest BCUT2D eigenvalue weighted by molar-refractivity contribution is -0.139. The van der Waals surface area contributed by atoms with E-state index >= 15 is 0 Å². The van der Waals surface area contributed by atoms with E-state index < -0.39 is 11.8 Å². The second-order valence-electron chi connectivity index (χ2n) is 5.90. The highest BCUT2D eigenvalue weighted by Gasteiger charge is 2.11. The number of rotatable bonds is 9. The van der Waals surface area contributed by atoms with Crippen LogP contribution in [0.5, 0.6) is 5.75 Å². The molecule has 0 fully saturated rings. The van der Waals surface area contributed by atoms with E-state index in [-0.39, 0.29) is 6.61 Å². The highest BCUT2D eigenvalue weighted by atomic mass is 35.5. The summed E-state index contributed by atoms with van der Waals surface area (Å²) in [5.41, 5.74) is 3.67. The van der Waals surface area contributed by atoms with Crippen LogP contribution < -0.4 is 15.5 Å². The average molecular weight is 438 g/mol. The van der Waals surface area contributed by atoms with Gasteiger partial charge in [-0.3, -0.25) is 9.59 Å². The van der Waals surface area contributed by atoms with Crippen LogP contribution in [0.1, 0.15) is 17.5 Å². The first kappa shape index (κ1) is 22.7. The molecule has 0 aliphatic carbocycles. The summed E-state index contributed by atoms with van der Waals surface area (Å²) in [6.45, 7) is 1.13. The first-order chi connectivity index (χ1) is 14.0. The molecule has 2 aromatic carbocycles. The van der Waals surface area contributed by atoms with Gasteiger partial charge in [0.15, 0.2) is 0 Å². The van der Waals surface area contributed by atoms with Crippen LogP contribution in [0.25, 0.3) is 0 Å². The van der Waals surface area contributed by atoms with Gasteiger partial charge >= 0.3 is 11.8 Å². The Morgan fingerprint density at radius 2 is 1.97 bits per heavy atom. The van der Waals surface area contributed by atoms with Crippen molar-refractivity contribution < 1.29 is 19.1 Å². The number of carbonyl (C=O) groups excluding carboxylic acids is 2. The summed E-state index contributed by atoms with van der Waals surface area (Å²) in [6.07, 6.45) is 2.03. The number of amides is 2. The maximum atomic E-state index is 11.7. The normalized spacial score (nSPS) is 10.7. The molecular weight excluding hydrogens is 417 g/mol. The van der Waals surface area contributed by atoms with Crippen molar-refractivity contribution in [2.75, 3.05) is 20.3 Å². The van der Waals surface area contributed by atoms with E-state index in [2.05, 4.69) is 15.8 Å². The van der Waals surface area contributed by atoms with Gasteiger partial charge in [-0.15, -0.1) is 0 Å². The molecule has 7 nitrogen and oxygen atoms in total. The van der Waals surface area contributed by atoms with Crippen LogP contribution >= 0.6 is 23.2 Å². The molecule has 0 spiro atoms. The van der Waals surface area contributed by atoms with Gasteiger partial charge in [-0.1, -0.05) is 41.4 Å². The molecule has 0 aliphatic rings. The second-order valence-corrected chi connectivity index (χ2v) is 6.74. The molecule has 0 bridgehead atoms. The van der Waals surface area contributed by atoms with Gasteiger partial charge in [0, 0.05) is 35.9 Å². The number of nitrogens with zero attached hydrogens (tertiary/aromatic N) is 1. The maximum Gasteiger partial charge on any atom is 0.329 e. The molecule has 0 saturated carbocycles. The van der Waals surface area contributed by atoms with Crippen LogP contribution in [0.3, 0.4) is 0 Å². The maximum absolute atomic E-state index is 11.7. The number of carbonyl (C=O) groups is 2. The fourth-order valence-electron chi connectivity index (χ4n) is 2.20. The Morgan fingerprint density at radius 1 is 1.14 bits per heavy atom. The smallest absolute Gasteiger partial charge is 0.329 e. The molecule has 0 atom stereocenters. The van der Waals surface area contributed by atoms with E-state index in [9.17, 15) is 9.59 Å². The van der Waals surface area contributed by atoms with Gasteiger partial charge in [0.05, 0.1) is 6.21 Å². The number of nitrogens with one attached hydrogen (secondary N) is 2. The van der Waals surface area contributed by atoms with Crippen LogP contribution in [-0.2, 0) is 20.9 Å². The van der Waals surface area contributed by atoms with Gasteiger partial charge in [0.25, 0.3) is 0 Å². The summed E-state index contributed by atoms with van der Waals surface area (Å²) in [5.74, 6) is -0.999. The number of methoxy groups -OCH3 is 1. The number of hydrazone groups is 1. The monoisotopic (exact) mass is 437 g/mol. The minimum Gasteiger partial charge on any atom is -0.489 e. The Labute approximate surface area is 179 Å². The molecule has 29 heavy (non-hydrogen) atoms. The summed E-state index contributed by atoms with van der Waals surface area (Å²) < 4.78 is 10.6. The van der Waals surface area contributed by atoms with Gasteiger partial charge in [0.1, 0.15) is 12.4 Å². The average Bonchev–Trinajstić information content (AvgIpc) is 2.70. The summed E-state index contributed by atoms with van der Waals surface area (Å²) in [6, 6.07) is 12.3. The van der Waals surface area contributed by atoms with Crippen LogP contribution in [0, 0.1) is 0 Å². The standard InChI is InChI=1S/C20H21Cl2N3O4/c1-28-9-3-8-23-19(26)20(27)25-24-12-14-4-2-5-17(10-14)29-13-15-6-7-16(21)11-18(15)22/h2,4-7,10-12H,3,8-9,13H2,1H3,(H,23,26)(H,25,27)/b24-12-. The Bertz CT molecular complexity index is 875. The molecule has 9 heteroatoms. The predicted molar refractivity (Wildman–Crippen MR) is 112 cm³/mol. The van der Waals surface area contributed by atoms with E-state index in [1.807, 2.05) is 0 Å². The van der Waals surface area contributed by atoms with Crippen molar-refractivity contribution in [3.05, 3.63) is 63.6 Å². The van der Waals surface area contributed by atoms with Crippen molar-refractivity contribution in [3.8, 4) is 5.75 Å².